The fraction of sp³-hybridized carbons (Fsp3) is 0.643. The summed E-state index contributed by atoms with van der Waals surface area (Å²) in [4.78, 5) is 12.6. The number of fused-ring (bicyclic) bond motifs is 1. The van der Waals surface area contributed by atoms with E-state index in [0.29, 0.717) is 10.6 Å². The second-order valence-corrected chi connectivity index (χ2v) is 7.23. The number of amides is 1. The van der Waals surface area contributed by atoms with Crippen LogP contribution in [0, 0.1) is 11.3 Å². The first-order valence-electron chi connectivity index (χ1n) is 6.85. The molecule has 1 heterocycles. The van der Waals surface area contributed by atoms with Crippen LogP contribution in [-0.2, 0) is 12.8 Å². The number of hydrogen-bond donors (Lipinski definition) is 3. The standard InChI is InChI=1S/C14H20N2O2S/c15-12(18)11-9-3-4-14(7-17,5-8-1-2-8)6-10(9)19-13(11)16/h8,17H,1-7,16H2,(H2,15,18). The SMILES string of the molecule is NC(=O)c1c(N)sc2c1CCC(CO)(CC1CC1)C2. The molecule has 1 atom stereocenters. The third kappa shape index (κ3) is 2.25. The molecule has 5 heteroatoms. The number of aliphatic hydroxyl groups excluding tert-OH is 1. The monoisotopic (exact) mass is 280 g/mol. The van der Waals surface area contributed by atoms with Gasteiger partial charge in [0.25, 0.3) is 5.91 Å². The molecule has 0 aromatic carbocycles. The van der Waals surface area contributed by atoms with E-state index < -0.39 is 5.91 Å². The van der Waals surface area contributed by atoms with Gasteiger partial charge in [0.1, 0.15) is 0 Å². The summed E-state index contributed by atoms with van der Waals surface area (Å²) in [5.74, 6) is 0.371. The molecule has 3 rings (SSSR count). The molecule has 5 N–H and O–H groups in total. The number of primary amides is 1. The molecule has 0 radical (unpaired) electrons. The van der Waals surface area contributed by atoms with Gasteiger partial charge in [-0.3, -0.25) is 4.79 Å². The predicted octanol–water partition coefficient (Wildman–Crippen LogP) is 1.70. The van der Waals surface area contributed by atoms with Crippen LogP contribution in [0.2, 0.25) is 0 Å². The molecule has 1 aromatic heterocycles. The molecule has 104 valence electrons. The van der Waals surface area contributed by atoms with Crippen molar-refractivity contribution >= 4 is 22.2 Å². The van der Waals surface area contributed by atoms with Crippen molar-refractivity contribution < 1.29 is 9.90 Å². The van der Waals surface area contributed by atoms with Gasteiger partial charge in [0.15, 0.2) is 0 Å². The minimum atomic E-state index is -0.423. The van der Waals surface area contributed by atoms with Crippen LogP contribution in [0.15, 0.2) is 0 Å². The van der Waals surface area contributed by atoms with Crippen molar-refractivity contribution in [1.82, 2.24) is 0 Å². The molecule has 0 saturated heterocycles. The summed E-state index contributed by atoms with van der Waals surface area (Å²) in [6.07, 6.45) is 6.30. The molecule has 1 saturated carbocycles. The number of carbonyl (C=O) groups excluding carboxylic acids is 1. The summed E-state index contributed by atoms with van der Waals surface area (Å²) in [6, 6.07) is 0. The van der Waals surface area contributed by atoms with Crippen LogP contribution < -0.4 is 11.5 Å². The van der Waals surface area contributed by atoms with Gasteiger partial charge in [0, 0.05) is 11.5 Å². The Morgan fingerprint density at radius 3 is 2.79 bits per heavy atom. The smallest absolute Gasteiger partial charge is 0.251 e. The summed E-state index contributed by atoms with van der Waals surface area (Å²) in [6.45, 7) is 0.229. The highest BCUT2D eigenvalue weighted by Gasteiger charge is 2.41. The zero-order valence-electron chi connectivity index (χ0n) is 10.9. The lowest BCUT2D eigenvalue weighted by atomic mass is 9.71. The van der Waals surface area contributed by atoms with E-state index in [1.807, 2.05) is 0 Å². The third-order valence-corrected chi connectivity index (χ3v) is 5.62. The molecule has 1 amide bonds. The molecule has 1 aromatic rings. The van der Waals surface area contributed by atoms with E-state index in [4.69, 9.17) is 11.5 Å². The van der Waals surface area contributed by atoms with Crippen LogP contribution in [0.25, 0.3) is 0 Å². The number of aliphatic hydroxyl groups is 1. The van der Waals surface area contributed by atoms with Gasteiger partial charge in [-0.05, 0) is 42.6 Å². The summed E-state index contributed by atoms with van der Waals surface area (Å²) < 4.78 is 0. The average Bonchev–Trinajstić information content (AvgIpc) is 3.09. The van der Waals surface area contributed by atoms with Gasteiger partial charge in [-0.25, -0.2) is 0 Å². The quantitative estimate of drug-likeness (QED) is 0.784. The van der Waals surface area contributed by atoms with E-state index in [-0.39, 0.29) is 12.0 Å². The van der Waals surface area contributed by atoms with Crippen LogP contribution in [0.1, 0.15) is 46.5 Å². The lowest BCUT2D eigenvalue weighted by Gasteiger charge is -2.36. The molecule has 1 fully saturated rings. The van der Waals surface area contributed by atoms with Crippen molar-refractivity contribution in [1.29, 1.82) is 0 Å². The highest BCUT2D eigenvalue weighted by molar-refractivity contribution is 7.16. The Morgan fingerprint density at radius 1 is 1.47 bits per heavy atom. The van der Waals surface area contributed by atoms with Crippen LogP contribution in [0.4, 0.5) is 5.00 Å². The number of nitrogen functional groups attached to an aromatic ring is 1. The Kier molecular flexibility index (Phi) is 3.06. The molecular formula is C14H20N2O2S. The maximum Gasteiger partial charge on any atom is 0.251 e. The van der Waals surface area contributed by atoms with Crippen LogP contribution in [0.3, 0.4) is 0 Å². The lowest BCUT2D eigenvalue weighted by molar-refractivity contribution is 0.0928. The van der Waals surface area contributed by atoms with Gasteiger partial charge in [0.2, 0.25) is 0 Å². The highest BCUT2D eigenvalue weighted by atomic mass is 32.1. The number of hydrogen-bond acceptors (Lipinski definition) is 4. The number of carbonyl (C=O) groups is 1. The van der Waals surface area contributed by atoms with E-state index >= 15 is 0 Å². The zero-order chi connectivity index (χ0) is 13.6. The van der Waals surface area contributed by atoms with Crippen molar-refractivity contribution in [2.75, 3.05) is 12.3 Å². The Balaban J connectivity index is 1.90. The minimum Gasteiger partial charge on any atom is -0.396 e. The van der Waals surface area contributed by atoms with Crippen molar-refractivity contribution in [2.24, 2.45) is 17.1 Å². The number of nitrogens with two attached hydrogens (primary N) is 2. The fourth-order valence-corrected chi connectivity index (χ4v) is 4.64. The van der Waals surface area contributed by atoms with Crippen molar-refractivity contribution in [2.45, 2.75) is 38.5 Å². The van der Waals surface area contributed by atoms with E-state index in [1.54, 1.807) is 0 Å². The average molecular weight is 280 g/mol. The second kappa shape index (κ2) is 4.49. The molecule has 0 aliphatic heterocycles. The summed E-state index contributed by atoms with van der Waals surface area (Å²) in [7, 11) is 0. The molecule has 2 aliphatic carbocycles. The maximum absolute atomic E-state index is 11.5. The number of thiophene rings is 1. The highest BCUT2D eigenvalue weighted by Crippen LogP contribution is 2.49. The van der Waals surface area contributed by atoms with Gasteiger partial charge in [-0.15, -0.1) is 11.3 Å². The molecular weight excluding hydrogens is 260 g/mol. The van der Waals surface area contributed by atoms with Crippen LogP contribution in [-0.4, -0.2) is 17.6 Å². The van der Waals surface area contributed by atoms with E-state index in [2.05, 4.69) is 0 Å². The number of anilines is 1. The largest absolute Gasteiger partial charge is 0.396 e. The number of rotatable bonds is 4. The molecule has 0 spiro atoms. The fourth-order valence-electron chi connectivity index (χ4n) is 3.34. The zero-order valence-corrected chi connectivity index (χ0v) is 11.8. The summed E-state index contributed by atoms with van der Waals surface area (Å²) >= 11 is 1.48. The predicted molar refractivity (Wildman–Crippen MR) is 76.1 cm³/mol. The topological polar surface area (TPSA) is 89.3 Å². The van der Waals surface area contributed by atoms with Crippen molar-refractivity contribution in [3.8, 4) is 0 Å². The summed E-state index contributed by atoms with van der Waals surface area (Å²) in [5, 5.41) is 10.4. The Labute approximate surface area is 116 Å². The van der Waals surface area contributed by atoms with E-state index in [0.717, 1.165) is 42.0 Å². The normalized spacial score (nSPS) is 26.2. The third-order valence-electron chi connectivity index (χ3n) is 4.56. The second-order valence-electron chi connectivity index (χ2n) is 6.09. The van der Waals surface area contributed by atoms with Crippen molar-refractivity contribution in [3.05, 3.63) is 16.0 Å². The first kappa shape index (κ1) is 12.9. The van der Waals surface area contributed by atoms with Gasteiger partial charge in [-0.1, -0.05) is 12.8 Å². The van der Waals surface area contributed by atoms with Gasteiger partial charge in [0.05, 0.1) is 10.6 Å². The molecule has 1 unspecified atom stereocenters. The first-order valence-corrected chi connectivity index (χ1v) is 7.67. The molecule has 0 bridgehead atoms. The molecule has 4 nitrogen and oxygen atoms in total. The van der Waals surface area contributed by atoms with Crippen LogP contribution in [0.5, 0.6) is 0 Å². The van der Waals surface area contributed by atoms with Gasteiger partial charge < -0.3 is 16.6 Å². The molecule has 2 aliphatic rings. The van der Waals surface area contributed by atoms with E-state index in [9.17, 15) is 9.90 Å². The summed E-state index contributed by atoms with van der Waals surface area (Å²) in [5.41, 5.74) is 12.9. The Hall–Kier alpha value is -1.07. The van der Waals surface area contributed by atoms with E-state index in [1.165, 1.54) is 24.2 Å². The van der Waals surface area contributed by atoms with Crippen molar-refractivity contribution in [3.63, 3.8) is 0 Å². The maximum atomic E-state index is 11.5. The minimum absolute atomic E-state index is 0.000373. The first-order chi connectivity index (χ1) is 9.04. The lowest BCUT2D eigenvalue weighted by Crippen LogP contribution is -2.33. The Bertz CT molecular complexity index is 522. The molecule has 19 heavy (non-hydrogen) atoms. The van der Waals surface area contributed by atoms with Gasteiger partial charge in [-0.2, -0.15) is 0 Å². The Morgan fingerprint density at radius 2 is 2.21 bits per heavy atom. The van der Waals surface area contributed by atoms with Gasteiger partial charge >= 0.3 is 0 Å². The van der Waals surface area contributed by atoms with Crippen LogP contribution >= 0.6 is 11.3 Å².